The van der Waals surface area contributed by atoms with Crippen molar-refractivity contribution in [2.75, 3.05) is 6.61 Å². The summed E-state index contributed by atoms with van der Waals surface area (Å²) in [5, 5.41) is 0. The van der Waals surface area contributed by atoms with Gasteiger partial charge in [0.05, 0.1) is 6.61 Å². The van der Waals surface area contributed by atoms with Crippen LogP contribution >= 0.6 is 0 Å². The van der Waals surface area contributed by atoms with Gasteiger partial charge in [0.2, 0.25) is 0 Å². The molecule has 4 unspecified atom stereocenters. The van der Waals surface area contributed by atoms with Crippen molar-refractivity contribution in [1.82, 2.24) is 0 Å². The number of hydrogen-bond acceptors (Lipinski definition) is 2. The van der Waals surface area contributed by atoms with Crippen molar-refractivity contribution in [3.63, 3.8) is 0 Å². The SMILES string of the molecule is CCC(N)Cc1cccc(F)c1OCC1CC2CCC1C2. The fourth-order valence-corrected chi connectivity index (χ4v) is 4.07. The minimum Gasteiger partial charge on any atom is -0.490 e. The maximum Gasteiger partial charge on any atom is 0.165 e. The predicted molar refractivity (Wildman–Crippen MR) is 82.8 cm³/mol. The summed E-state index contributed by atoms with van der Waals surface area (Å²) < 4.78 is 20.0. The highest BCUT2D eigenvalue weighted by Crippen LogP contribution is 2.48. The lowest BCUT2D eigenvalue weighted by Gasteiger charge is -2.23. The Morgan fingerprint density at radius 3 is 2.86 bits per heavy atom. The first-order chi connectivity index (χ1) is 10.2. The van der Waals surface area contributed by atoms with Crippen molar-refractivity contribution in [2.24, 2.45) is 23.5 Å². The van der Waals surface area contributed by atoms with E-state index in [4.69, 9.17) is 10.5 Å². The van der Waals surface area contributed by atoms with Crippen LogP contribution in [0, 0.1) is 23.6 Å². The smallest absolute Gasteiger partial charge is 0.165 e. The summed E-state index contributed by atoms with van der Waals surface area (Å²) in [6.45, 7) is 2.72. The molecule has 2 nitrogen and oxygen atoms in total. The van der Waals surface area contributed by atoms with E-state index in [1.165, 1.54) is 31.7 Å². The van der Waals surface area contributed by atoms with Crippen LogP contribution in [0.5, 0.6) is 5.75 Å². The minimum atomic E-state index is -0.251. The van der Waals surface area contributed by atoms with Crippen molar-refractivity contribution in [1.29, 1.82) is 0 Å². The number of hydrogen-bond donors (Lipinski definition) is 1. The molecule has 0 radical (unpaired) electrons. The summed E-state index contributed by atoms with van der Waals surface area (Å²) >= 11 is 0. The molecule has 0 spiro atoms. The van der Waals surface area contributed by atoms with Gasteiger partial charge in [-0.05, 0) is 61.5 Å². The number of halogens is 1. The number of nitrogens with two attached hydrogens (primary N) is 1. The quantitative estimate of drug-likeness (QED) is 0.862. The van der Waals surface area contributed by atoms with Crippen LogP contribution in [0.25, 0.3) is 0 Å². The summed E-state index contributed by atoms with van der Waals surface area (Å²) in [5.41, 5.74) is 6.92. The molecule has 0 heterocycles. The molecule has 1 aromatic rings. The van der Waals surface area contributed by atoms with Crippen molar-refractivity contribution >= 4 is 0 Å². The van der Waals surface area contributed by atoms with Crippen LogP contribution in [0.1, 0.15) is 44.6 Å². The Morgan fingerprint density at radius 2 is 2.19 bits per heavy atom. The predicted octanol–water partition coefficient (Wildman–Crippen LogP) is 3.92. The summed E-state index contributed by atoms with van der Waals surface area (Å²) in [4.78, 5) is 0. The van der Waals surface area contributed by atoms with E-state index in [1.54, 1.807) is 6.07 Å². The molecule has 3 heteroatoms. The van der Waals surface area contributed by atoms with Crippen LogP contribution < -0.4 is 10.5 Å². The fourth-order valence-electron chi connectivity index (χ4n) is 4.07. The largest absolute Gasteiger partial charge is 0.490 e. The molecule has 2 aliphatic carbocycles. The van der Waals surface area contributed by atoms with Gasteiger partial charge in [0.1, 0.15) is 0 Å². The lowest BCUT2D eigenvalue weighted by molar-refractivity contribution is 0.188. The summed E-state index contributed by atoms with van der Waals surface area (Å²) in [5.74, 6) is 2.51. The third-order valence-corrected chi connectivity index (χ3v) is 5.38. The Kier molecular flexibility index (Phi) is 4.48. The molecule has 4 atom stereocenters. The van der Waals surface area contributed by atoms with Gasteiger partial charge < -0.3 is 10.5 Å². The number of benzene rings is 1. The molecule has 2 fully saturated rings. The van der Waals surface area contributed by atoms with Crippen molar-refractivity contribution in [3.05, 3.63) is 29.6 Å². The highest BCUT2D eigenvalue weighted by atomic mass is 19.1. The van der Waals surface area contributed by atoms with E-state index in [0.29, 0.717) is 24.7 Å². The molecule has 2 aliphatic rings. The lowest BCUT2D eigenvalue weighted by Crippen LogP contribution is -2.23. The van der Waals surface area contributed by atoms with Gasteiger partial charge in [-0.1, -0.05) is 25.5 Å². The van der Waals surface area contributed by atoms with Crippen LogP contribution in [0.15, 0.2) is 18.2 Å². The Hall–Kier alpha value is -1.09. The highest BCUT2D eigenvalue weighted by molar-refractivity contribution is 5.35. The average Bonchev–Trinajstić information content (AvgIpc) is 3.09. The average molecular weight is 291 g/mol. The van der Waals surface area contributed by atoms with Gasteiger partial charge in [-0.2, -0.15) is 0 Å². The van der Waals surface area contributed by atoms with Crippen LogP contribution in [0.2, 0.25) is 0 Å². The Labute approximate surface area is 126 Å². The van der Waals surface area contributed by atoms with Crippen molar-refractivity contribution in [2.45, 2.75) is 51.5 Å². The normalized spacial score (nSPS) is 28.8. The molecule has 0 saturated heterocycles. The van der Waals surface area contributed by atoms with Gasteiger partial charge in [0.25, 0.3) is 0 Å². The molecule has 0 amide bonds. The molecule has 2 bridgehead atoms. The first-order valence-corrected chi connectivity index (χ1v) is 8.33. The maximum absolute atomic E-state index is 14.1. The topological polar surface area (TPSA) is 35.2 Å². The van der Waals surface area contributed by atoms with Gasteiger partial charge >= 0.3 is 0 Å². The standard InChI is InChI=1S/C18H26FNO/c1-2-16(20)10-14-4-3-5-17(19)18(14)21-11-15-9-12-6-7-13(15)8-12/h3-5,12-13,15-16H,2,6-11,20H2,1H3. The minimum absolute atomic E-state index is 0.0663. The highest BCUT2D eigenvalue weighted by Gasteiger charge is 2.39. The fraction of sp³-hybridized carbons (Fsp3) is 0.667. The molecule has 116 valence electrons. The molecular formula is C18H26FNO. The molecule has 2 N–H and O–H groups in total. The van der Waals surface area contributed by atoms with E-state index in [2.05, 4.69) is 6.92 Å². The summed E-state index contributed by atoms with van der Waals surface area (Å²) in [7, 11) is 0. The zero-order valence-electron chi connectivity index (χ0n) is 12.9. The first kappa shape index (κ1) is 14.8. The maximum atomic E-state index is 14.1. The molecule has 2 saturated carbocycles. The number of para-hydroxylation sites is 1. The number of rotatable bonds is 6. The molecule has 0 aliphatic heterocycles. The van der Waals surface area contributed by atoms with Crippen molar-refractivity contribution in [3.8, 4) is 5.75 Å². The van der Waals surface area contributed by atoms with E-state index in [1.807, 2.05) is 6.07 Å². The van der Waals surface area contributed by atoms with Gasteiger partial charge in [-0.25, -0.2) is 4.39 Å². The molecule has 3 rings (SSSR count). The van der Waals surface area contributed by atoms with Crippen LogP contribution in [-0.4, -0.2) is 12.6 Å². The van der Waals surface area contributed by atoms with Gasteiger partial charge in [0.15, 0.2) is 11.6 Å². The molecule has 0 aromatic heterocycles. The van der Waals surface area contributed by atoms with Crippen LogP contribution in [0.3, 0.4) is 0 Å². The summed E-state index contributed by atoms with van der Waals surface area (Å²) in [6.07, 6.45) is 6.92. The van der Waals surface area contributed by atoms with Gasteiger partial charge in [-0.3, -0.25) is 0 Å². The van der Waals surface area contributed by atoms with E-state index in [0.717, 1.165) is 23.8 Å². The summed E-state index contributed by atoms with van der Waals surface area (Å²) in [6, 6.07) is 5.24. The molecule has 1 aromatic carbocycles. The second-order valence-electron chi connectivity index (χ2n) is 6.85. The third kappa shape index (κ3) is 3.23. The Bertz CT molecular complexity index is 490. The second-order valence-corrected chi connectivity index (χ2v) is 6.85. The van der Waals surface area contributed by atoms with E-state index < -0.39 is 0 Å². The van der Waals surface area contributed by atoms with Crippen LogP contribution in [0.4, 0.5) is 4.39 Å². The van der Waals surface area contributed by atoms with E-state index >= 15 is 0 Å². The second kappa shape index (κ2) is 6.35. The zero-order chi connectivity index (χ0) is 14.8. The van der Waals surface area contributed by atoms with E-state index in [-0.39, 0.29) is 11.9 Å². The number of ether oxygens (including phenoxy) is 1. The first-order valence-electron chi connectivity index (χ1n) is 8.33. The Balaban J connectivity index is 1.66. The Morgan fingerprint density at radius 1 is 1.33 bits per heavy atom. The lowest BCUT2D eigenvalue weighted by atomic mass is 9.89. The molecule has 21 heavy (non-hydrogen) atoms. The third-order valence-electron chi connectivity index (χ3n) is 5.38. The molecular weight excluding hydrogens is 265 g/mol. The number of fused-ring (bicyclic) bond motifs is 2. The van der Waals surface area contributed by atoms with Gasteiger partial charge in [0, 0.05) is 6.04 Å². The zero-order valence-corrected chi connectivity index (χ0v) is 12.9. The van der Waals surface area contributed by atoms with Crippen LogP contribution in [-0.2, 0) is 6.42 Å². The monoisotopic (exact) mass is 291 g/mol. The van der Waals surface area contributed by atoms with E-state index in [9.17, 15) is 4.39 Å². The van der Waals surface area contributed by atoms with Crippen molar-refractivity contribution < 1.29 is 9.13 Å². The van der Waals surface area contributed by atoms with Gasteiger partial charge in [-0.15, -0.1) is 0 Å².